The lowest BCUT2D eigenvalue weighted by molar-refractivity contribution is 0.601. The maximum Gasteiger partial charge on any atom is 0.261 e. The minimum Gasteiger partial charge on any atom is -0.280 e. The first kappa shape index (κ1) is 17.8. The van der Waals surface area contributed by atoms with Crippen LogP contribution in [-0.2, 0) is 10.0 Å². The summed E-state index contributed by atoms with van der Waals surface area (Å²) in [6.07, 6.45) is 0. The summed E-state index contributed by atoms with van der Waals surface area (Å²) in [6.45, 7) is 1.91. The number of aryl methyl sites for hydroxylation is 1. The van der Waals surface area contributed by atoms with Crippen molar-refractivity contribution in [1.29, 1.82) is 0 Å². The zero-order valence-electron chi connectivity index (χ0n) is 13.3. The van der Waals surface area contributed by atoms with E-state index in [0.717, 1.165) is 16.7 Å². The van der Waals surface area contributed by atoms with E-state index in [-0.39, 0.29) is 4.90 Å². The van der Waals surface area contributed by atoms with E-state index in [4.69, 9.17) is 23.2 Å². The molecule has 0 spiro atoms. The van der Waals surface area contributed by atoms with Gasteiger partial charge in [0.25, 0.3) is 10.0 Å². The summed E-state index contributed by atoms with van der Waals surface area (Å²) in [7, 11) is -3.61. The van der Waals surface area contributed by atoms with Crippen molar-refractivity contribution < 1.29 is 8.42 Å². The van der Waals surface area contributed by atoms with E-state index in [1.165, 1.54) is 0 Å². The Bertz CT molecular complexity index is 978. The van der Waals surface area contributed by atoms with Crippen LogP contribution in [0, 0.1) is 6.92 Å². The third kappa shape index (κ3) is 4.34. The van der Waals surface area contributed by atoms with Crippen LogP contribution in [0.3, 0.4) is 0 Å². The predicted octanol–water partition coefficient (Wildman–Crippen LogP) is 5.77. The molecule has 3 aromatic carbocycles. The Morgan fingerprint density at radius 2 is 1.32 bits per heavy atom. The second-order valence-corrected chi connectivity index (χ2v) is 8.21. The fourth-order valence-electron chi connectivity index (χ4n) is 2.38. The SMILES string of the molecule is Cc1ccc(S(=O)(=O)Nc2ccc(-c3cc(Cl)cc(Cl)c3)cc2)cc1. The van der Waals surface area contributed by atoms with Gasteiger partial charge in [-0.25, -0.2) is 8.42 Å². The quantitative estimate of drug-likeness (QED) is 0.613. The lowest BCUT2D eigenvalue weighted by Gasteiger charge is -2.10. The van der Waals surface area contributed by atoms with Crippen molar-refractivity contribution >= 4 is 38.9 Å². The highest BCUT2D eigenvalue weighted by Crippen LogP contribution is 2.28. The Morgan fingerprint density at radius 1 is 0.760 bits per heavy atom. The third-order valence-corrected chi connectivity index (χ3v) is 5.50. The summed E-state index contributed by atoms with van der Waals surface area (Å²) in [5.74, 6) is 0. The van der Waals surface area contributed by atoms with Crippen molar-refractivity contribution in [1.82, 2.24) is 0 Å². The highest BCUT2D eigenvalue weighted by Gasteiger charge is 2.13. The first-order valence-corrected chi connectivity index (χ1v) is 9.73. The van der Waals surface area contributed by atoms with Crippen LogP contribution >= 0.6 is 23.2 Å². The molecule has 0 aromatic heterocycles. The largest absolute Gasteiger partial charge is 0.280 e. The lowest BCUT2D eigenvalue weighted by atomic mass is 10.1. The molecule has 0 aliphatic rings. The highest BCUT2D eigenvalue weighted by molar-refractivity contribution is 7.92. The number of hydrogen-bond acceptors (Lipinski definition) is 2. The van der Waals surface area contributed by atoms with Crippen LogP contribution in [-0.4, -0.2) is 8.42 Å². The van der Waals surface area contributed by atoms with E-state index >= 15 is 0 Å². The van der Waals surface area contributed by atoms with Crippen LogP contribution in [0.15, 0.2) is 71.6 Å². The number of sulfonamides is 1. The molecule has 3 rings (SSSR count). The van der Waals surface area contributed by atoms with Gasteiger partial charge < -0.3 is 0 Å². The first-order valence-electron chi connectivity index (χ1n) is 7.49. The molecule has 0 heterocycles. The molecular formula is C19H15Cl2NO2S. The number of nitrogens with one attached hydrogen (secondary N) is 1. The summed E-state index contributed by atoms with van der Waals surface area (Å²) in [5.41, 5.74) is 3.24. The van der Waals surface area contributed by atoms with Crippen molar-refractivity contribution in [3.63, 3.8) is 0 Å². The van der Waals surface area contributed by atoms with Gasteiger partial charge in [0.15, 0.2) is 0 Å². The van der Waals surface area contributed by atoms with Crippen molar-refractivity contribution in [2.45, 2.75) is 11.8 Å². The van der Waals surface area contributed by atoms with Gasteiger partial charge in [-0.15, -0.1) is 0 Å². The van der Waals surface area contributed by atoms with Crippen molar-refractivity contribution in [2.24, 2.45) is 0 Å². The van der Waals surface area contributed by atoms with Gasteiger partial charge >= 0.3 is 0 Å². The number of anilines is 1. The molecule has 0 saturated carbocycles. The molecule has 128 valence electrons. The van der Waals surface area contributed by atoms with Crippen LogP contribution in [0.2, 0.25) is 10.0 Å². The molecule has 0 atom stereocenters. The molecule has 0 radical (unpaired) electrons. The van der Waals surface area contributed by atoms with Crippen LogP contribution < -0.4 is 4.72 Å². The predicted molar refractivity (Wildman–Crippen MR) is 104 cm³/mol. The Kier molecular flexibility index (Phi) is 5.04. The van der Waals surface area contributed by atoms with E-state index in [0.29, 0.717) is 15.7 Å². The Hall–Kier alpha value is -2.01. The minimum atomic E-state index is -3.61. The monoisotopic (exact) mass is 391 g/mol. The molecule has 0 fully saturated rings. The van der Waals surface area contributed by atoms with E-state index < -0.39 is 10.0 Å². The van der Waals surface area contributed by atoms with Gasteiger partial charge in [-0.3, -0.25) is 4.72 Å². The minimum absolute atomic E-state index is 0.226. The van der Waals surface area contributed by atoms with Gasteiger partial charge in [-0.05, 0) is 60.5 Å². The molecule has 3 nitrogen and oxygen atoms in total. The van der Waals surface area contributed by atoms with Gasteiger partial charge in [0.2, 0.25) is 0 Å². The van der Waals surface area contributed by atoms with Gasteiger partial charge in [-0.2, -0.15) is 0 Å². The zero-order valence-corrected chi connectivity index (χ0v) is 15.7. The number of halogens is 2. The molecule has 6 heteroatoms. The number of hydrogen-bond donors (Lipinski definition) is 1. The van der Waals surface area contributed by atoms with E-state index in [9.17, 15) is 8.42 Å². The van der Waals surface area contributed by atoms with E-state index in [1.54, 1.807) is 54.6 Å². The van der Waals surface area contributed by atoms with Crippen LogP contribution in [0.1, 0.15) is 5.56 Å². The molecule has 0 aliphatic carbocycles. The molecule has 0 saturated heterocycles. The average molecular weight is 392 g/mol. The highest BCUT2D eigenvalue weighted by atomic mass is 35.5. The maximum atomic E-state index is 12.4. The van der Waals surface area contributed by atoms with Crippen molar-refractivity contribution in [3.05, 3.63) is 82.3 Å². The van der Waals surface area contributed by atoms with Gasteiger partial charge in [0.05, 0.1) is 4.90 Å². The smallest absolute Gasteiger partial charge is 0.261 e. The summed E-state index contributed by atoms with van der Waals surface area (Å²) in [4.78, 5) is 0.226. The fourth-order valence-corrected chi connectivity index (χ4v) is 3.97. The lowest BCUT2D eigenvalue weighted by Crippen LogP contribution is -2.12. The first-order chi connectivity index (χ1) is 11.8. The molecule has 0 bridgehead atoms. The second kappa shape index (κ2) is 7.08. The molecule has 0 unspecified atom stereocenters. The van der Waals surface area contributed by atoms with Gasteiger partial charge in [-0.1, -0.05) is 53.0 Å². The van der Waals surface area contributed by atoms with Crippen molar-refractivity contribution in [2.75, 3.05) is 4.72 Å². The number of rotatable bonds is 4. The third-order valence-electron chi connectivity index (χ3n) is 3.66. The van der Waals surface area contributed by atoms with Gasteiger partial charge in [0.1, 0.15) is 0 Å². The van der Waals surface area contributed by atoms with Gasteiger partial charge in [0, 0.05) is 15.7 Å². The molecule has 0 amide bonds. The summed E-state index contributed by atoms with van der Waals surface area (Å²) in [5, 5.41) is 1.10. The molecular weight excluding hydrogens is 377 g/mol. The topological polar surface area (TPSA) is 46.2 Å². The zero-order chi connectivity index (χ0) is 18.0. The Balaban J connectivity index is 1.84. The van der Waals surface area contributed by atoms with Crippen molar-refractivity contribution in [3.8, 4) is 11.1 Å². The molecule has 3 aromatic rings. The number of benzene rings is 3. The molecule has 1 N–H and O–H groups in total. The summed E-state index contributed by atoms with van der Waals surface area (Å²) < 4.78 is 27.4. The summed E-state index contributed by atoms with van der Waals surface area (Å²) >= 11 is 12.0. The Labute approximate surface area is 157 Å². The van der Waals surface area contributed by atoms with E-state index in [1.807, 2.05) is 19.1 Å². The maximum absolute atomic E-state index is 12.4. The molecule has 25 heavy (non-hydrogen) atoms. The van der Waals surface area contributed by atoms with E-state index in [2.05, 4.69) is 4.72 Å². The van der Waals surface area contributed by atoms with Crippen LogP contribution in [0.25, 0.3) is 11.1 Å². The summed E-state index contributed by atoms with van der Waals surface area (Å²) in [6, 6.07) is 19.0. The second-order valence-electron chi connectivity index (χ2n) is 5.65. The van der Waals surface area contributed by atoms with Crippen LogP contribution in [0.5, 0.6) is 0 Å². The van der Waals surface area contributed by atoms with Crippen LogP contribution in [0.4, 0.5) is 5.69 Å². The average Bonchev–Trinajstić information content (AvgIpc) is 2.54. The fraction of sp³-hybridized carbons (Fsp3) is 0.0526. The Morgan fingerprint density at radius 3 is 1.88 bits per heavy atom. The standard InChI is InChI=1S/C19H15Cl2NO2S/c1-13-2-8-19(9-3-13)25(23,24)22-18-6-4-14(5-7-18)15-10-16(20)12-17(21)11-15/h2-12,22H,1H3. The normalized spacial score (nSPS) is 11.3. The molecule has 0 aliphatic heterocycles.